The molecule has 0 unspecified atom stereocenters. The summed E-state index contributed by atoms with van der Waals surface area (Å²) in [4.78, 5) is 23.5. The molecule has 0 radical (unpaired) electrons. The molecule has 25 heavy (non-hydrogen) atoms. The standard InChI is InChI=1S/C20H23NO4/c21-18(20(23)25-15-17-10-5-2-6-11-17)12-7-13-19(22)24-14-16-8-3-1-4-9-16/h1-6,8-11,18H,7,12-15,21H2/t18-/m0/s1. The third-order valence-corrected chi connectivity index (χ3v) is 3.67. The lowest BCUT2D eigenvalue weighted by Gasteiger charge is -2.11. The smallest absolute Gasteiger partial charge is 0.323 e. The molecule has 0 bridgehead atoms. The summed E-state index contributed by atoms with van der Waals surface area (Å²) >= 11 is 0. The van der Waals surface area contributed by atoms with Gasteiger partial charge in [-0.15, -0.1) is 0 Å². The quantitative estimate of drug-likeness (QED) is 0.709. The van der Waals surface area contributed by atoms with E-state index in [0.717, 1.165) is 11.1 Å². The molecule has 0 fully saturated rings. The first-order valence-electron chi connectivity index (χ1n) is 8.31. The number of benzene rings is 2. The number of rotatable bonds is 9. The van der Waals surface area contributed by atoms with Crippen LogP contribution in [0.5, 0.6) is 0 Å². The van der Waals surface area contributed by atoms with E-state index in [0.29, 0.717) is 12.8 Å². The van der Waals surface area contributed by atoms with Gasteiger partial charge in [0.05, 0.1) is 0 Å². The average Bonchev–Trinajstić information content (AvgIpc) is 2.66. The fourth-order valence-electron chi connectivity index (χ4n) is 2.23. The Morgan fingerprint density at radius 3 is 1.92 bits per heavy atom. The highest BCUT2D eigenvalue weighted by atomic mass is 16.5. The summed E-state index contributed by atoms with van der Waals surface area (Å²) in [6.45, 7) is 0.456. The van der Waals surface area contributed by atoms with E-state index >= 15 is 0 Å². The second kappa shape index (κ2) is 10.3. The molecule has 0 aliphatic heterocycles. The van der Waals surface area contributed by atoms with Gasteiger partial charge in [0.2, 0.25) is 0 Å². The van der Waals surface area contributed by atoms with Gasteiger partial charge in [0.25, 0.3) is 0 Å². The van der Waals surface area contributed by atoms with E-state index in [4.69, 9.17) is 15.2 Å². The monoisotopic (exact) mass is 341 g/mol. The molecule has 1 atom stereocenters. The number of esters is 2. The van der Waals surface area contributed by atoms with E-state index in [1.54, 1.807) is 0 Å². The van der Waals surface area contributed by atoms with Crippen molar-refractivity contribution in [2.75, 3.05) is 0 Å². The second-order valence-corrected chi connectivity index (χ2v) is 5.74. The van der Waals surface area contributed by atoms with E-state index in [-0.39, 0.29) is 25.6 Å². The minimum Gasteiger partial charge on any atom is -0.461 e. The van der Waals surface area contributed by atoms with Crippen molar-refractivity contribution in [3.8, 4) is 0 Å². The first-order chi connectivity index (χ1) is 12.1. The molecule has 0 saturated carbocycles. The van der Waals surface area contributed by atoms with Crippen molar-refractivity contribution in [2.24, 2.45) is 5.73 Å². The molecule has 132 valence electrons. The van der Waals surface area contributed by atoms with Gasteiger partial charge in [-0.2, -0.15) is 0 Å². The normalized spacial score (nSPS) is 11.6. The van der Waals surface area contributed by atoms with Gasteiger partial charge in [-0.25, -0.2) is 0 Å². The Balaban J connectivity index is 1.60. The number of carbonyl (C=O) groups is 2. The first kappa shape index (κ1) is 18.7. The zero-order valence-corrected chi connectivity index (χ0v) is 14.1. The molecular formula is C20H23NO4. The molecule has 0 amide bonds. The number of nitrogens with two attached hydrogens (primary N) is 1. The van der Waals surface area contributed by atoms with Gasteiger partial charge in [-0.05, 0) is 24.0 Å². The summed E-state index contributed by atoms with van der Waals surface area (Å²) in [6.07, 6.45) is 1.09. The number of ether oxygens (including phenoxy) is 2. The van der Waals surface area contributed by atoms with Gasteiger partial charge in [-0.1, -0.05) is 60.7 Å². The lowest BCUT2D eigenvalue weighted by Crippen LogP contribution is -2.32. The van der Waals surface area contributed by atoms with Crippen molar-refractivity contribution in [1.82, 2.24) is 0 Å². The Morgan fingerprint density at radius 1 is 0.840 bits per heavy atom. The zero-order valence-electron chi connectivity index (χ0n) is 14.1. The number of hydrogen-bond donors (Lipinski definition) is 1. The van der Waals surface area contributed by atoms with Gasteiger partial charge in [-0.3, -0.25) is 9.59 Å². The third kappa shape index (κ3) is 7.18. The Bertz CT molecular complexity index is 658. The SMILES string of the molecule is N[C@@H](CCCC(=O)OCc1ccccc1)C(=O)OCc1ccccc1. The Labute approximate surface area is 147 Å². The van der Waals surface area contributed by atoms with Crippen molar-refractivity contribution < 1.29 is 19.1 Å². The van der Waals surface area contributed by atoms with Crippen molar-refractivity contribution in [1.29, 1.82) is 0 Å². The molecule has 2 N–H and O–H groups in total. The molecule has 0 heterocycles. The zero-order chi connectivity index (χ0) is 17.9. The summed E-state index contributed by atoms with van der Waals surface area (Å²) < 4.78 is 10.4. The van der Waals surface area contributed by atoms with Crippen LogP contribution in [0.15, 0.2) is 60.7 Å². The van der Waals surface area contributed by atoms with Crippen LogP contribution in [0.25, 0.3) is 0 Å². The summed E-state index contributed by atoms with van der Waals surface area (Å²) in [6, 6.07) is 18.2. The molecule has 0 aliphatic rings. The summed E-state index contributed by atoms with van der Waals surface area (Å²) in [5.74, 6) is -0.754. The van der Waals surface area contributed by atoms with E-state index in [1.165, 1.54) is 0 Å². The highest BCUT2D eigenvalue weighted by Gasteiger charge is 2.15. The van der Waals surface area contributed by atoms with E-state index in [9.17, 15) is 9.59 Å². The van der Waals surface area contributed by atoms with Gasteiger partial charge >= 0.3 is 11.9 Å². The van der Waals surface area contributed by atoms with Crippen molar-refractivity contribution in [3.05, 3.63) is 71.8 Å². The van der Waals surface area contributed by atoms with Crippen LogP contribution in [0.1, 0.15) is 30.4 Å². The highest BCUT2D eigenvalue weighted by molar-refractivity contribution is 5.75. The minimum absolute atomic E-state index is 0.201. The van der Waals surface area contributed by atoms with Crippen LogP contribution in [0, 0.1) is 0 Å². The van der Waals surface area contributed by atoms with Gasteiger partial charge in [0, 0.05) is 6.42 Å². The second-order valence-electron chi connectivity index (χ2n) is 5.74. The Kier molecular flexibility index (Phi) is 7.66. The van der Waals surface area contributed by atoms with Gasteiger partial charge < -0.3 is 15.2 Å². The first-order valence-corrected chi connectivity index (χ1v) is 8.31. The van der Waals surface area contributed by atoms with Gasteiger partial charge in [0.15, 0.2) is 0 Å². The molecule has 2 aromatic carbocycles. The molecular weight excluding hydrogens is 318 g/mol. The molecule has 2 aromatic rings. The topological polar surface area (TPSA) is 78.6 Å². The predicted molar refractivity (Wildman–Crippen MR) is 94.3 cm³/mol. The van der Waals surface area contributed by atoms with Crippen LogP contribution in [0.3, 0.4) is 0 Å². The molecule has 0 spiro atoms. The lowest BCUT2D eigenvalue weighted by molar-refractivity contribution is -0.148. The van der Waals surface area contributed by atoms with Crippen LogP contribution in [-0.2, 0) is 32.3 Å². The van der Waals surface area contributed by atoms with Crippen LogP contribution in [0.4, 0.5) is 0 Å². The van der Waals surface area contributed by atoms with Gasteiger partial charge in [0.1, 0.15) is 19.3 Å². The number of carbonyl (C=O) groups excluding carboxylic acids is 2. The fraction of sp³-hybridized carbons (Fsp3) is 0.300. The molecule has 2 rings (SSSR count). The third-order valence-electron chi connectivity index (χ3n) is 3.67. The summed E-state index contributed by atoms with van der Waals surface area (Å²) in [7, 11) is 0. The highest BCUT2D eigenvalue weighted by Crippen LogP contribution is 2.07. The van der Waals surface area contributed by atoms with E-state index < -0.39 is 12.0 Å². The Morgan fingerprint density at radius 2 is 1.36 bits per heavy atom. The van der Waals surface area contributed by atoms with Crippen LogP contribution in [-0.4, -0.2) is 18.0 Å². The lowest BCUT2D eigenvalue weighted by atomic mass is 10.1. The number of hydrogen-bond acceptors (Lipinski definition) is 5. The average molecular weight is 341 g/mol. The van der Waals surface area contributed by atoms with Crippen molar-refractivity contribution >= 4 is 11.9 Å². The Hall–Kier alpha value is -2.66. The van der Waals surface area contributed by atoms with Crippen LogP contribution < -0.4 is 5.73 Å². The summed E-state index contributed by atoms with van der Waals surface area (Å²) in [5, 5.41) is 0. The predicted octanol–water partition coefficient (Wildman–Crippen LogP) is 2.97. The maximum absolute atomic E-state index is 11.8. The van der Waals surface area contributed by atoms with Crippen LogP contribution in [0.2, 0.25) is 0 Å². The van der Waals surface area contributed by atoms with E-state index in [1.807, 2.05) is 60.7 Å². The maximum Gasteiger partial charge on any atom is 0.323 e. The molecule has 0 saturated heterocycles. The summed E-state index contributed by atoms with van der Waals surface area (Å²) in [5.41, 5.74) is 7.66. The molecule has 0 aromatic heterocycles. The molecule has 0 aliphatic carbocycles. The fourth-order valence-corrected chi connectivity index (χ4v) is 2.23. The molecule has 5 heteroatoms. The largest absolute Gasteiger partial charge is 0.461 e. The maximum atomic E-state index is 11.8. The minimum atomic E-state index is -0.731. The molecule has 5 nitrogen and oxygen atoms in total. The van der Waals surface area contributed by atoms with Crippen molar-refractivity contribution in [2.45, 2.75) is 38.5 Å². The van der Waals surface area contributed by atoms with Crippen molar-refractivity contribution in [3.63, 3.8) is 0 Å². The van der Waals surface area contributed by atoms with E-state index in [2.05, 4.69) is 0 Å². The van der Waals surface area contributed by atoms with Crippen LogP contribution >= 0.6 is 0 Å².